The first-order chi connectivity index (χ1) is 12.2. The Kier molecular flexibility index (Phi) is 5.19. The zero-order valence-electron chi connectivity index (χ0n) is 15.5. The number of nitrogens with one attached hydrogen (secondary N) is 1. The lowest BCUT2D eigenvalue weighted by atomic mass is 10.1. The molecule has 2 aromatic rings. The van der Waals surface area contributed by atoms with Gasteiger partial charge in [0.2, 0.25) is 11.8 Å². The Labute approximate surface area is 162 Å². The number of amides is 2. The molecule has 0 spiro atoms. The third-order valence-electron chi connectivity index (χ3n) is 4.72. The Morgan fingerprint density at radius 1 is 1.04 bits per heavy atom. The Morgan fingerprint density at radius 2 is 1.62 bits per heavy atom. The first kappa shape index (κ1) is 18.6. The second-order valence-corrected chi connectivity index (χ2v) is 7.96. The summed E-state index contributed by atoms with van der Waals surface area (Å²) in [6, 6.07) is 9.94. The molecule has 0 aromatic heterocycles. The molecular formula is C21H23BrN2O2. The molecule has 1 saturated heterocycles. The number of aryl methyl sites for hydroxylation is 4. The van der Waals surface area contributed by atoms with Gasteiger partial charge in [-0.1, -0.05) is 22.0 Å². The number of carbonyl (C=O) groups excluding carboxylic acids is 2. The predicted octanol–water partition coefficient (Wildman–Crippen LogP) is 4.67. The normalized spacial score (nSPS) is 16.9. The molecule has 1 heterocycles. The van der Waals surface area contributed by atoms with E-state index in [1.54, 1.807) is 4.90 Å². The standard InChI is InChI=1S/C21H23BrN2O2/c1-12-5-13(2)7-18(6-12)24-11-16(10-19(24)25)21(26)23-17-8-14(3)20(22)15(4)9-17/h5-9,16H,10-11H2,1-4H3,(H,23,26)/t16-/m1/s1. The average molecular weight is 415 g/mol. The summed E-state index contributed by atoms with van der Waals surface area (Å²) >= 11 is 3.53. The number of rotatable bonds is 3. The number of benzene rings is 2. The summed E-state index contributed by atoms with van der Waals surface area (Å²) < 4.78 is 1.05. The molecule has 1 N–H and O–H groups in total. The lowest BCUT2D eigenvalue weighted by Gasteiger charge is -2.18. The second-order valence-electron chi connectivity index (χ2n) is 7.16. The highest BCUT2D eigenvalue weighted by Crippen LogP contribution is 2.29. The van der Waals surface area contributed by atoms with E-state index >= 15 is 0 Å². The van der Waals surface area contributed by atoms with Crippen LogP contribution in [0, 0.1) is 33.6 Å². The molecule has 0 saturated carbocycles. The summed E-state index contributed by atoms with van der Waals surface area (Å²) in [5.74, 6) is -0.447. The van der Waals surface area contributed by atoms with Gasteiger partial charge in [-0.15, -0.1) is 0 Å². The predicted molar refractivity (Wildman–Crippen MR) is 109 cm³/mol. The zero-order chi connectivity index (χ0) is 19.0. The van der Waals surface area contributed by atoms with E-state index in [0.29, 0.717) is 6.54 Å². The molecule has 0 aliphatic carbocycles. The molecule has 0 unspecified atom stereocenters. The summed E-state index contributed by atoms with van der Waals surface area (Å²) in [4.78, 5) is 26.9. The number of halogens is 1. The van der Waals surface area contributed by atoms with Gasteiger partial charge in [-0.25, -0.2) is 0 Å². The molecule has 1 fully saturated rings. The molecule has 0 bridgehead atoms. The van der Waals surface area contributed by atoms with E-state index in [4.69, 9.17) is 0 Å². The van der Waals surface area contributed by atoms with E-state index in [2.05, 4.69) is 27.3 Å². The Morgan fingerprint density at radius 3 is 2.19 bits per heavy atom. The molecule has 26 heavy (non-hydrogen) atoms. The topological polar surface area (TPSA) is 49.4 Å². The lowest BCUT2D eigenvalue weighted by molar-refractivity contribution is -0.122. The van der Waals surface area contributed by atoms with Crippen LogP contribution in [0.25, 0.3) is 0 Å². The van der Waals surface area contributed by atoms with Crippen LogP contribution >= 0.6 is 15.9 Å². The number of nitrogens with zero attached hydrogens (tertiary/aromatic N) is 1. The maximum absolute atomic E-state index is 12.7. The van der Waals surface area contributed by atoms with Gasteiger partial charge in [0.1, 0.15) is 0 Å². The maximum atomic E-state index is 12.7. The van der Waals surface area contributed by atoms with Crippen molar-refractivity contribution in [3.63, 3.8) is 0 Å². The van der Waals surface area contributed by atoms with Crippen LogP contribution in [0.1, 0.15) is 28.7 Å². The van der Waals surface area contributed by atoms with E-state index < -0.39 is 0 Å². The van der Waals surface area contributed by atoms with Crippen LogP contribution in [0.5, 0.6) is 0 Å². The molecule has 4 nitrogen and oxygen atoms in total. The van der Waals surface area contributed by atoms with Gasteiger partial charge in [-0.05, 0) is 74.2 Å². The van der Waals surface area contributed by atoms with Crippen LogP contribution in [0.3, 0.4) is 0 Å². The number of hydrogen-bond acceptors (Lipinski definition) is 2. The van der Waals surface area contributed by atoms with Crippen molar-refractivity contribution in [1.29, 1.82) is 0 Å². The van der Waals surface area contributed by atoms with E-state index in [0.717, 1.165) is 38.1 Å². The first-order valence-electron chi connectivity index (χ1n) is 8.71. The van der Waals surface area contributed by atoms with E-state index in [-0.39, 0.29) is 24.2 Å². The minimum Gasteiger partial charge on any atom is -0.326 e. The zero-order valence-corrected chi connectivity index (χ0v) is 17.1. The Balaban J connectivity index is 1.75. The summed E-state index contributed by atoms with van der Waals surface area (Å²) in [5, 5.41) is 2.97. The summed E-state index contributed by atoms with van der Waals surface area (Å²) in [6.45, 7) is 8.43. The number of carbonyl (C=O) groups is 2. The van der Waals surface area contributed by atoms with Crippen LogP contribution in [0.4, 0.5) is 11.4 Å². The van der Waals surface area contributed by atoms with E-state index in [1.807, 2.05) is 52.0 Å². The fourth-order valence-electron chi connectivity index (χ4n) is 3.50. The first-order valence-corrected chi connectivity index (χ1v) is 9.50. The van der Waals surface area contributed by atoms with Gasteiger partial charge in [-0.2, -0.15) is 0 Å². The fourth-order valence-corrected chi connectivity index (χ4v) is 3.73. The van der Waals surface area contributed by atoms with Gasteiger partial charge >= 0.3 is 0 Å². The van der Waals surface area contributed by atoms with Crippen molar-refractivity contribution in [2.75, 3.05) is 16.8 Å². The minimum absolute atomic E-state index is 0.00156. The monoisotopic (exact) mass is 414 g/mol. The van der Waals surface area contributed by atoms with Crippen LogP contribution in [0.15, 0.2) is 34.8 Å². The molecule has 5 heteroatoms. The quantitative estimate of drug-likeness (QED) is 0.792. The van der Waals surface area contributed by atoms with Crippen LogP contribution in [-0.2, 0) is 9.59 Å². The second kappa shape index (κ2) is 7.23. The molecule has 136 valence electrons. The number of hydrogen-bond donors (Lipinski definition) is 1. The van der Waals surface area contributed by atoms with Gasteiger partial charge in [0, 0.05) is 28.8 Å². The average Bonchev–Trinajstić information content (AvgIpc) is 2.93. The van der Waals surface area contributed by atoms with E-state index in [1.165, 1.54) is 0 Å². The molecule has 2 aromatic carbocycles. The van der Waals surface area contributed by atoms with Gasteiger partial charge in [0.25, 0.3) is 0 Å². The number of anilines is 2. The smallest absolute Gasteiger partial charge is 0.229 e. The molecule has 3 rings (SSSR count). The van der Waals surface area contributed by atoms with Crippen molar-refractivity contribution in [3.8, 4) is 0 Å². The largest absolute Gasteiger partial charge is 0.326 e. The third kappa shape index (κ3) is 3.83. The Bertz CT molecular complexity index is 848. The van der Waals surface area contributed by atoms with Crippen molar-refractivity contribution >= 4 is 39.1 Å². The van der Waals surface area contributed by atoms with Crippen molar-refractivity contribution in [2.24, 2.45) is 5.92 Å². The SMILES string of the molecule is Cc1cc(C)cc(N2C[C@H](C(=O)Nc3cc(C)c(Br)c(C)c3)CC2=O)c1. The highest BCUT2D eigenvalue weighted by Gasteiger charge is 2.35. The van der Waals surface area contributed by atoms with Crippen LogP contribution < -0.4 is 10.2 Å². The molecule has 0 radical (unpaired) electrons. The lowest BCUT2D eigenvalue weighted by Crippen LogP contribution is -2.28. The molecular weight excluding hydrogens is 392 g/mol. The minimum atomic E-state index is -0.340. The van der Waals surface area contributed by atoms with Crippen molar-refractivity contribution < 1.29 is 9.59 Å². The maximum Gasteiger partial charge on any atom is 0.229 e. The highest BCUT2D eigenvalue weighted by atomic mass is 79.9. The third-order valence-corrected chi connectivity index (χ3v) is 5.97. The highest BCUT2D eigenvalue weighted by molar-refractivity contribution is 9.10. The van der Waals surface area contributed by atoms with Crippen molar-refractivity contribution in [2.45, 2.75) is 34.1 Å². The molecule has 1 atom stereocenters. The molecule has 1 aliphatic heterocycles. The summed E-state index contributed by atoms with van der Waals surface area (Å²) in [7, 11) is 0. The summed E-state index contributed by atoms with van der Waals surface area (Å²) in [5.41, 5.74) is 6.01. The summed E-state index contributed by atoms with van der Waals surface area (Å²) in [6.07, 6.45) is 0.243. The Hall–Kier alpha value is -2.14. The molecule has 2 amide bonds. The van der Waals surface area contributed by atoms with E-state index in [9.17, 15) is 9.59 Å². The fraction of sp³-hybridized carbons (Fsp3) is 0.333. The van der Waals surface area contributed by atoms with Crippen LogP contribution in [0.2, 0.25) is 0 Å². The van der Waals surface area contributed by atoms with Gasteiger partial charge in [0.15, 0.2) is 0 Å². The van der Waals surface area contributed by atoms with Crippen LogP contribution in [-0.4, -0.2) is 18.4 Å². The van der Waals surface area contributed by atoms with Gasteiger partial charge < -0.3 is 10.2 Å². The van der Waals surface area contributed by atoms with Gasteiger partial charge in [0.05, 0.1) is 5.92 Å². The molecule has 1 aliphatic rings. The van der Waals surface area contributed by atoms with Gasteiger partial charge in [-0.3, -0.25) is 9.59 Å². The van der Waals surface area contributed by atoms with Crippen molar-refractivity contribution in [1.82, 2.24) is 0 Å². The van der Waals surface area contributed by atoms with Crippen molar-refractivity contribution in [3.05, 3.63) is 57.1 Å².